The molecule has 2 heterocycles. The van der Waals surface area contributed by atoms with E-state index in [1.165, 1.54) is 31.2 Å². The maximum Gasteiger partial charge on any atom is 0.191 e. The maximum atomic E-state index is 6.30. The minimum absolute atomic E-state index is 0. The van der Waals surface area contributed by atoms with Gasteiger partial charge < -0.3 is 10.6 Å². The van der Waals surface area contributed by atoms with Crippen LogP contribution in [0.25, 0.3) is 0 Å². The van der Waals surface area contributed by atoms with E-state index in [0.717, 1.165) is 43.1 Å². The van der Waals surface area contributed by atoms with Gasteiger partial charge in [0.05, 0.1) is 0 Å². The molecule has 2 unspecified atom stereocenters. The molecule has 2 saturated heterocycles. The summed E-state index contributed by atoms with van der Waals surface area (Å²) in [6, 6.07) is 8.63. The van der Waals surface area contributed by atoms with Crippen molar-refractivity contribution in [2.45, 2.75) is 38.6 Å². The largest absolute Gasteiger partial charge is 0.370 e. The Kier molecular flexibility index (Phi) is 8.48. The third kappa shape index (κ3) is 5.49. The average Bonchev–Trinajstić information content (AvgIpc) is 2.60. The maximum absolute atomic E-state index is 6.30. The molecule has 2 N–H and O–H groups in total. The van der Waals surface area contributed by atoms with Crippen molar-refractivity contribution in [1.82, 2.24) is 9.80 Å². The van der Waals surface area contributed by atoms with Gasteiger partial charge in [0, 0.05) is 30.7 Å². The zero-order chi connectivity index (χ0) is 17.8. The minimum atomic E-state index is 0. The molecule has 2 aliphatic rings. The predicted octanol–water partition coefficient (Wildman–Crippen LogP) is 4.39. The number of piperidine rings is 2. The lowest BCUT2D eigenvalue weighted by molar-refractivity contribution is 0.125. The van der Waals surface area contributed by atoms with Crippen molar-refractivity contribution < 1.29 is 0 Å². The van der Waals surface area contributed by atoms with Gasteiger partial charge in [-0.05, 0) is 68.8 Å². The summed E-state index contributed by atoms with van der Waals surface area (Å²) in [7, 11) is 2.21. The number of benzene rings is 1. The van der Waals surface area contributed by atoms with E-state index in [1.54, 1.807) is 0 Å². The summed E-state index contributed by atoms with van der Waals surface area (Å²) in [6.07, 6.45) is 4.84. The zero-order valence-corrected chi connectivity index (χ0v) is 19.0. The average molecular weight is 491 g/mol. The fraction of sp³-hybridized carbons (Fsp3) is 0.650. The Morgan fingerprint density at radius 2 is 1.96 bits per heavy atom. The van der Waals surface area contributed by atoms with Crippen molar-refractivity contribution in [2.75, 3.05) is 33.2 Å². The highest BCUT2D eigenvalue weighted by atomic mass is 127. The molecular weight excluding hydrogens is 459 g/mol. The van der Waals surface area contributed by atoms with E-state index in [4.69, 9.17) is 22.3 Å². The Hall–Kier alpha value is -0.530. The van der Waals surface area contributed by atoms with Crippen LogP contribution in [0.4, 0.5) is 0 Å². The van der Waals surface area contributed by atoms with Gasteiger partial charge in [0.1, 0.15) is 0 Å². The Morgan fingerprint density at radius 1 is 1.23 bits per heavy atom. The van der Waals surface area contributed by atoms with Crippen LogP contribution >= 0.6 is 35.6 Å². The molecule has 0 aliphatic carbocycles. The molecule has 0 amide bonds. The van der Waals surface area contributed by atoms with Gasteiger partial charge in [0.15, 0.2) is 5.96 Å². The highest BCUT2D eigenvalue weighted by molar-refractivity contribution is 14.0. The molecule has 0 spiro atoms. The van der Waals surface area contributed by atoms with Gasteiger partial charge in [-0.2, -0.15) is 0 Å². The SMILES string of the molecule is CC1CCN(C(N)=NCC2CCCN(C)C2c2cccc(Cl)c2)CC1.I. The van der Waals surface area contributed by atoms with Crippen molar-refractivity contribution in [2.24, 2.45) is 22.6 Å². The fourth-order valence-electron chi connectivity index (χ4n) is 4.22. The minimum Gasteiger partial charge on any atom is -0.370 e. The smallest absolute Gasteiger partial charge is 0.191 e. The van der Waals surface area contributed by atoms with Crippen LogP contribution in [0.5, 0.6) is 0 Å². The first-order valence-corrected chi connectivity index (χ1v) is 9.93. The lowest BCUT2D eigenvalue weighted by Crippen LogP contribution is -2.43. The number of guanidine groups is 1. The molecule has 0 bridgehead atoms. The number of halogens is 2. The van der Waals surface area contributed by atoms with Crippen molar-refractivity contribution in [3.05, 3.63) is 34.9 Å². The van der Waals surface area contributed by atoms with E-state index >= 15 is 0 Å². The lowest BCUT2D eigenvalue weighted by atomic mass is 9.85. The summed E-state index contributed by atoms with van der Waals surface area (Å²) >= 11 is 6.23. The highest BCUT2D eigenvalue weighted by Gasteiger charge is 2.30. The first kappa shape index (κ1) is 21.8. The molecule has 2 atom stereocenters. The quantitative estimate of drug-likeness (QED) is 0.388. The second-order valence-electron chi connectivity index (χ2n) is 7.75. The molecule has 0 saturated carbocycles. The van der Waals surface area contributed by atoms with E-state index < -0.39 is 0 Å². The topological polar surface area (TPSA) is 44.9 Å². The number of nitrogens with two attached hydrogens (primary N) is 1. The van der Waals surface area contributed by atoms with Crippen LogP contribution in [-0.4, -0.2) is 49.0 Å². The summed E-state index contributed by atoms with van der Waals surface area (Å²) in [5, 5.41) is 0.806. The summed E-state index contributed by atoms with van der Waals surface area (Å²) < 4.78 is 0. The Balaban J connectivity index is 0.00000243. The van der Waals surface area contributed by atoms with Gasteiger partial charge in [0.2, 0.25) is 0 Å². The van der Waals surface area contributed by atoms with E-state index in [0.29, 0.717) is 12.0 Å². The van der Waals surface area contributed by atoms with Gasteiger partial charge in [-0.1, -0.05) is 30.7 Å². The standard InChI is InChI=1S/C20H31ClN4.HI/c1-15-8-11-25(12-9-15)20(22)23-14-17-6-4-10-24(2)19(17)16-5-3-7-18(21)13-16;/h3,5,7,13,15,17,19H,4,6,8-12,14H2,1-2H3,(H2,22,23);1H. The number of nitrogens with zero attached hydrogens (tertiary/aromatic N) is 3. The number of likely N-dealkylation sites (tertiary alicyclic amines) is 2. The highest BCUT2D eigenvalue weighted by Crippen LogP contribution is 2.36. The molecule has 2 aliphatic heterocycles. The van der Waals surface area contributed by atoms with Gasteiger partial charge in [-0.15, -0.1) is 24.0 Å². The Morgan fingerprint density at radius 3 is 2.65 bits per heavy atom. The van der Waals surface area contributed by atoms with E-state index in [1.807, 2.05) is 12.1 Å². The molecule has 146 valence electrons. The first-order valence-electron chi connectivity index (χ1n) is 9.55. The third-order valence-corrected chi connectivity index (χ3v) is 6.03. The third-order valence-electron chi connectivity index (χ3n) is 5.79. The monoisotopic (exact) mass is 490 g/mol. The van der Waals surface area contributed by atoms with Crippen LogP contribution in [0.3, 0.4) is 0 Å². The predicted molar refractivity (Wildman–Crippen MR) is 121 cm³/mol. The first-order chi connectivity index (χ1) is 12.0. The molecule has 26 heavy (non-hydrogen) atoms. The molecule has 0 aromatic heterocycles. The van der Waals surface area contributed by atoms with Crippen LogP contribution in [0, 0.1) is 11.8 Å². The lowest BCUT2D eigenvalue weighted by Gasteiger charge is -2.39. The fourth-order valence-corrected chi connectivity index (χ4v) is 4.42. The van der Waals surface area contributed by atoms with Crippen LogP contribution in [0.1, 0.15) is 44.2 Å². The molecule has 4 nitrogen and oxygen atoms in total. The van der Waals surface area contributed by atoms with E-state index in [9.17, 15) is 0 Å². The number of hydrogen-bond donors (Lipinski definition) is 1. The zero-order valence-electron chi connectivity index (χ0n) is 15.9. The molecule has 0 radical (unpaired) electrons. The van der Waals surface area contributed by atoms with E-state index in [-0.39, 0.29) is 24.0 Å². The summed E-state index contributed by atoms with van der Waals surface area (Å²) in [6.45, 7) is 6.31. The van der Waals surface area contributed by atoms with Crippen molar-refractivity contribution in [3.63, 3.8) is 0 Å². The van der Waals surface area contributed by atoms with Crippen LogP contribution in [-0.2, 0) is 0 Å². The normalized spacial score (nSPS) is 25.8. The Bertz CT molecular complexity index is 601. The molecule has 1 aromatic carbocycles. The van der Waals surface area contributed by atoms with Gasteiger partial charge in [0.25, 0.3) is 0 Å². The van der Waals surface area contributed by atoms with Crippen LogP contribution in [0.2, 0.25) is 5.02 Å². The van der Waals surface area contributed by atoms with Gasteiger partial charge >= 0.3 is 0 Å². The summed E-state index contributed by atoms with van der Waals surface area (Å²) in [4.78, 5) is 9.48. The Labute approximate surface area is 180 Å². The van der Waals surface area contributed by atoms with Gasteiger partial charge in [-0.25, -0.2) is 0 Å². The number of hydrogen-bond acceptors (Lipinski definition) is 2. The second-order valence-corrected chi connectivity index (χ2v) is 8.19. The molecule has 2 fully saturated rings. The summed E-state index contributed by atoms with van der Waals surface area (Å²) in [5.41, 5.74) is 7.59. The molecule has 1 aromatic rings. The summed E-state index contributed by atoms with van der Waals surface area (Å²) in [5.74, 6) is 2.02. The number of aliphatic imine (C=N–C) groups is 1. The van der Waals surface area contributed by atoms with Crippen LogP contribution < -0.4 is 5.73 Å². The van der Waals surface area contributed by atoms with E-state index in [2.05, 4.69) is 35.9 Å². The molecule has 3 rings (SSSR count). The van der Waals surface area contributed by atoms with Crippen LogP contribution in [0.15, 0.2) is 29.3 Å². The van der Waals surface area contributed by atoms with Crippen molar-refractivity contribution in [1.29, 1.82) is 0 Å². The number of rotatable bonds is 3. The molecule has 6 heteroatoms. The molecular formula is C20H32ClIN4. The van der Waals surface area contributed by atoms with Crippen molar-refractivity contribution in [3.8, 4) is 0 Å². The van der Waals surface area contributed by atoms with Crippen molar-refractivity contribution >= 4 is 41.5 Å². The van der Waals surface area contributed by atoms with Gasteiger partial charge in [-0.3, -0.25) is 9.89 Å². The second kappa shape index (κ2) is 10.1.